The minimum absolute atomic E-state index is 0.0570. The van der Waals surface area contributed by atoms with Crippen molar-refractivity contribution in [1.82, 2.24) is 15.3 Å². The molecule has 2 atom stereocenters. The smallest absolute Gasteiger partial charge is 0.257 e. The fourth-order valence-electron chi connectivity index (χ4n) is 3.93. The molecular formula is C21H17F2N5OS2. The van der Waals surface area contributed by atoms with Gasteiger partial charge in [0.25, 0.3) is 5.91 Å². The van der Waals surface area contributed by atoms with E-state index in [9.17, 15) is 13.6 Å². The molecule has 1 amide bonds. The van der Waals surface area contributed by atoms with Gasteiger partial charge < -0.3 is 10.2 Å². The van der Waals surface area contributed by atoms with E-state index in [-0.39, 0.29) is 17.0 Å². The molecule has 4 heterocycles. The van der Waals surface area contributed by atoms with E-state index in [0.717, 1.165) is 28.6 Å². The van der Waals surface area contributed by atoms with Gasteiger partial charge in [0, 0.05) is 36.0 Å². The molecule has 5 rings (SSSR count). The lowest BCUT2D eigenvalue weighted by Gasteiger charge is -2.35. The van der Waals surface area contributed by atoms with Crippen LogP contribution in [0.2, 0.25) is 0 Å². The highest BCUT2D eigenvalue weighted by Gasteiger charge is 2.53. The zero-order valence-corrected chi connectivity index (χ0v) is 17.8. The number of rotatable bonds is 3. The van der Waals surface area contributed by atoms with Crippen LogP contribution < -0.4 is 10.2 Å². The van der Waals surface area contributed by atoms with Gasteiger partial charge in [0.1, 0.15) is 0 Å². The quantitative estimate of drug-likeness (QED) is 0.650. The second kappa shape index (κ2) is 8.01. The molecule has 1 N–H and O–H groups in total. The van der Waals surface area contributed by atoms with Gasteiger partial charge in [-0.25, -0.2) is 14.4 Å². The molecule has 0 spiro atoms. The van der Waals surface area contributed by atoms with Crippen molar-refractivity contribution in [3.05, 3.63) is 76.2 Å². The number of amides is 1. The van der Waals surface area contributed by atoms with E-state index in [1.54, 1.807) is 30.3 Å². The van der Waals surface area contributed by atoms with Gasteiger partial charge in [-0.1, -0.05) is 30.0 Å². The molecular weight excluding hydrogens is 440 g/mol. The van der Waals surface area contributed by atoms with E-state index in [4.69, 9.17) is 0 Å². The average molecular weight is 458 g/mol. The van der Waals surface area contributed by atoms with Crippen LogP contribution in [-0.2, 0) is 4.75 Å². The van der Waals surface area contributed by atoms with Crippen molar-refractivity contribution in [3.63, 3.8) is 0 Å². The summed E-state index contributed by atoms with van der Waals surface area (Å²) in [6.45, 7) is 1.56. The van der Waals surface area contributed by atoms with Gasteiger partial charge in [0.15, 0.2) is 16.1 Å². The fraction of sp³-hybridized carbons (Fsp3) is 0.238. The Morgan fingerprint density at radius 1 is 1.13 bits per heavy atom. The molecule has 6 nitrogen and oxygen atoms in total. The summed E-state index contributed by atoms with van der Waals surface area (Å²) in [5, 5.41) is 3.13. The van der Waals surface area contributed by atoms with Crippen LogP contribution in [0.1, 0.15) is 15.2 Å². The van der Waals surface area contributed by atoms with E-state index >= 15 is 0 Å². The molecule has 0 unspecified atom stereocenters. The molecule has 158 valence electrons. The number of benzene rings is 1. The van der Waals surface area contributed by atoms with Gasteiger partial charge in [0.05, 0.1) is 17.1 Å². The molecule has 3 aromatic rings. The highest BCUT2D eigenvalue weighted by Crippen LogP contribution is 2.52. The normalized spacial score (nSPS) is 22.7. The van der Waals surface area contributed by atoms with E-state index in [2.05, 4.69) is 20.3 Å². The van der Waals surface area contributed by atoms with Gasteiger partial charge in [-0.3, -0.25) is 9.79 Å². The zero-order chi connectivity index (χ0) is 21.4. The van der Waals surface area contributed by atoms with Crippen LogP contribution in [0.25, 0.3) is 0 Å². The maximum absolute atomic E-state index is 14.0. The third-order valence-electron chi connectivity index (χ3n) is 5.40. The number of nitrogens with zero attached hydrogens (tertiary/aromatic N) is 4. The minimum Gasteiger partial charge on any atom is -0.339 e. The van der Waals surface area contributed by atoms with Gasteiger partial charge in [-0.15, -0.1) is 11.3 Å². The number of fused-ring (bicyclic) bond motifs is 1. The topological polar surface area (TPSA) is 70.5 Å². The second-order valence-corrected chi connectivity index (χ2v) is 9.69. The Morgan fingerprint density at radius 3 is 2.61 bits per heavy atom. The molecule has 1 aromatic carbocycles. The summed E-state index contributed by atoms with van der Waals surface area (Å²) >= 11 is 2.53. The largest absolute Gasteiger partial charge is 0.339 e. The Labute approximate surface area is 185 Å². The zero-order valence-electron chi connectivity index (χ0n) is 16.2. The number of aromatic nitrogens is 2. The summed E-state index contributed by atoms with van der Waals surface area (Å²) in [6.07, 6.45) is 2.27. The standard InChI is InChI=1S/C21H17F2N5OS2/c22-15-9-24-19(25-10-15)28-11-14-8-26-20(27-18(29)13-4-2-1-3-5-13)31-21(14,12-28)16-6-7-17(23)30-16/h1-7,9-10,14H,8,11-12H2,(H,26,27,29)/t14-,21-/m0/s1. The highest BCUT2D eigenvalue weighted by molar-refractivity contribution is 8.14. The van der Waals surface area contributed by atoms with Gasteiger partial charge in [0.2, 0.25) is 5.95 Å². The van der Waals surface area contributed by atoms with Crippen LogP contribution in [0, 0.1) is 16.9 Å². The molecule has 2 aliphatic rings. The van der Waals surface area contributed by atoms with Gasteiger partial charge >= 0.3 is 0 Å². The summed E-state index contributed by atoms with van der Waals surface area (Å²) in [7, 11) is 0. The lowest BCUT2D eigenvalue weighted by atomic mass is 9.93. The van der Waals surface area contributed by atoms with Crippen molar-refractivity contribution in [1.29, 1.82) is 0 Å². The third kappa shape index (κ3) is 3.81. The van der Waals surface area contributed by atoms with Crippen LogP contribution >= 0.6 is 23.1 Å². The molecule has 1 fully saturated rings. The number of nitrogens with one attached hydrogen (secondary N) is 1. The Kier molecular flexibility index (Phi) is 5.19. The van der Waals surface area contributed by atoms with E-state index < -0.39 is 10.6 Å². The van der Waals surface area contributed by atoms with Crippen LogP contribution in [0.4, 0.5) is 14.7 Å². The van der Waals surface area contributed by atoms with Crippen LogP contribution in [-0.4, -0.2) is 40.7 Å². The number of thioether (sulfide) groups is 1. The summed E-state index contributed by atoms with van der Waals surface area (Å²) in [4.78, 5) is 28.3. The first-order valence-electron chi connectivity index (χ1n) is 9.62. The predicted octanol–water partition coefficient (Wildman–Crippen LogP) is 3.68. The molecule has 2 aliphatic heterocycles. The number of hydrogen-bond donors (Lipinski definition) is 1. The van der Waals surface area contributed by atoms with Crippen molar-refractivity contribution in [2.24, 2.45) is 10.9 Å². The van der Waals surface area contributed by atoms with Crippen molar-refractivity contribution < 1.29 is 13.6 Å². The lowest BCUT2D eigenvalue weighted by molar-refractivity contribution is 0.0977. The van der Waals surface area contributed by atoms with E-state index in [1.807, 2.05) is 11.0 Å². The molecule has 10 heteroatoms. The first-order chi connectivity index (χ1) is 15.0. The molecule has 2 aromatic heterocycles. The minimum atomic E-state index is -0.520. The van der Waals surface area contributed by atoms with Crippen molar-refractivity contribution in [2.45, 2.75) is 4.75 Å². The van der Waals surface area contributed by atoms with Crippen LogP contribution in [0.5, 0.6) is 0 Å². The number of thiophene rings is 1. The van der Waals surface area contributed by atoms with Crippen LogP contribution in [0.3, 0.4) is 0 Å². The number of aliphatic imine (C=N–C) groups is 1. The first-order valence-corrected chi connectivity index (χ1v) is 11.2. The Morgan fingerprint density at radius 2 is 1.90 bits per heavy atom. The number of amidine groups is 1. The summed E-state index contributed by atoms with van der Waals surface area (Å²) in [5.41, 5.74) is 0.539. The maximum Gasteiger partial charge on any atom is 0.257 e. The SMILES string of the molecule is O=C(NC1=NC[C@H]2CN(c3ncc(F)cn3)C[C@]2(c2ccc(F)s2)S1)c1ccccc1. The van der Waals surface area contributed by atoms with Crippen molar-refractivity contribution in [3.8, 4) is 0 Å². The average Bonchev–Trinajstić information content (AvgIpc) is 3.39. The summed E-state index contributed by atoms with van der Waals surface area (Å²) in [5.74, 6) is -0.266. The third-order valence-corrected chi connectivity index (χ3v) is 8.05. The Bertz CT molecular complexity index is 1140. The molecule has 1 saturated heterocycles. The van der Waals surface area contributed by atoms with Crippen LogP contribution in [0.15, 0.2) is 59.9 Å². The molecule has 0 bridgehead atoms. The number of carbonyl (C=O) groups excluding carboxylic acids is 1. The molecule has 0 radical (unpaired) electrons. The van der Waals surface area contributed by atoms with Crippen molar-refractivity contribution in [2.75, 3.05) is 24.5 Å². The monoisotopic (exact) mass is 457 g/mol. The Hall–Kier alpha value is -2.85. The summed E-state index contributed by atoms with van der Waals surface area (Å²) < 4.78 is 26.7. The number of anilines is 1. The van der Waals surface area contributed by atoms with E-state index in [1.165, 1.54) is 17.8 Å². The maximum atomic E-state index is 14.0. The number of halogens is 2. The van der Waals surface area contributed by atoms with Crippen molar-refractivity contribution >= 4 is 40.1 Å². The van der Waals surface area contributed by atoms with E-state index in [0.29, 0.717) is 36.3 Å². The lowest BCUT2D eigenvalue weighted by Crippen LogP contribution is -2.42. The fourth-order valence-corrected chi connectivity index (χ4v) is 6.39. The first kappa shape index (κ1) is 20.1. The summed E-state index contributed by atoms with van der Waals surface area (Å²) in [6, 6.07) is 12.2. The predicted molar refractivity (Wildman–Crippen MR) is 117 cm³/mol. The molecule has 0 aliphatic carbocycles. The molecule has 0 saturated carbocycles. The number of carbonyl (C=O) groups is 1. The number of hydrogen-bond acceptors (Lipinski definition) is 7. The van der Waals surface area contributed by atoms with Gasteiger partial charge in [-0.2, -0.15) is 4.39 Å². The second-order valence-electron chi connectivity index (χ2n) is 7.34. The van der Waals surface area contributed by atoms with Gasteiger partial charge in [-0.05, 0) is 24.3 Å². The molecule has 31 heavy (non-hydrogen) atoms. The Balaban J connectivity index is 1.44. The highest BCUT2D eigenvalue weighted by atomic mass is 32.2.